The molecule has 5 nitrogen and oxygen atoms in total. The molecule has 1 aromatic rings. The number of hydrogen-bond acceptors (Lipinski definition) is 3. The van der Waals surface area contributed by atoms with Crippen molar-refractivity contribution in [2.75, 3.05) is 26.4 Å². The van der Waals surface area contributed by atoms with Crippen molar-refractivity contribution in [3.8, 4) is 0 Å². The minimum Gasteiger partial charge on any atom is -0.346 e. The molecule has 0 aromatic heterocycles. The van der Waals surface area contributed by atoms with Crippen molar-refractivity contribution >= 4 is 15.9 Å². The molecule has 0 aliphatic rings. The Morgan fingerprint density at radius 2 is 1.77 bits per heavy atom. The number of carbonyl (C=O) groups excluding carboxylic acids is 1. The Balaban J connectivity index is 2.62. The fourth-order valence-electron chi connectivity index (χ4n) is 2.08. The summed E-state index contributed by atoms with van der Waals surface area (Å²) in [5.74, 6) is -0.0184. The number of sulfonamides is 1. The van der Waals surface area contributed by atoms with E-state index in [0.717, 1.165) is 18.4 Å². The summed E-state index contributed by atoms with van der Waals surface area (Å²) in [7, 11) is -1.57. The molecule has 0 aliphatic heterocycles. The Morgan fingerprint density at radius 3 is 2.32 bits per heavy atom. The monoisotopic (exact) mass is 326 g/mol. The maximum absolute atomic E-state index is 12.0. The number of hydrogen-bond donors (Lipinski definition) is 0. The molecule has 0 N–H and O–H groups in total. The lowest BCUT2D eigenvalue weighted by atomic mass is 10.2. The summed E-state index contributed by atoms with van der Waals surface area (Å²) >= 11 is 0. The van der Waals surface area contributed by atoms with Gasteiger partial charge in [0.1, 0.15) is 0 Å². The summed E-state index contributed by atoms with van der Waals surface area (Å²) in [5, 5.41) is 0. The van der Waals surface area contributed by atoms with Gasteiger partial charge in [0.25, 0.3) is 0 Å². The molecule has 1 rings (SSSR count). The zero-order chi connectivity index (χ0) is 16.6. The largest absolute Gasteiger partial charge is 0.346 e. The van der Waals surface area contributed by atoms with Gasteiger partial charge in [-0.15, -0.1) is 0 Å². The predicted octanol–water partition coefficient (Wildman–Crippen LogP) is 2.10. The van der Waals surface area contributed by atoms with E-state index >= 15 is 0 Å². The van der Waals surface area contributed by atoms with E-state index in [1.54, 1.807) is 11.9 Å². The van der Waals surface area contributed by atoms with Gasteiger partial charge in [0, 0.05) is 33.1 Å². The van der Waals surface area contributed by atoms with Crippen LogP contribution in [0.2, 0.25) is 0 Å². The number of carbonyl (C=O) groups is 1. The van der Waals surface area contributed by atoms with Gasteiger partial charge in [0.15, 0.2) is 0 Å². The summed E-state index contributed by atoms with van der Waals surface area (Å²) in [6.07, 6.45) is 3.38. The smallest absolute Gasteiger partial charge is 0.223 e. The van der Waals surface area contributed by atoms with E-state index in [0.29, 0.717) is 13.1 Å². The van der Waals surface area contributed by atoms with Crippen molar-refractivity contribution in [2.45, 2.75) is 32.7 Å². The lowest BCUT2D eigenvalue weighted by molar-refractivity contribution is -0.130. The van der Waals surface area contributed by atoms with Crippen molar-refractivity contribution < 1.29 is 13.2 Å². The first-order valence-corrected chi connectivity index (χ1v) is 9.42. The lowest BCUT2D eigenvalue weighted by Gasteiger charge is -2.22. The lowest BCUT2D eigenvalue weighted by Crippen LogP contribution is -2.35. The molecular weight excluding hydrogens is 300 g/mol. The summed E-state index contributed by atoms with van der Waals surface area (Å²) in [5.41, 5.74) is 0.916. The van der Waals surface area contributed by atoms with Crippen LogP contribution in [-0.2, 0) is 21.4 Å². The number of nitrogens with zero attached hydrogens (tertiary/aromatic N) is 2. The first kappa shape index (κ1) is 18.6. The van der Waals surface area contributed by atoms with Crippen LogP contribution in [0.25, 0.3) is 0 Å². The second kappa shape index (κ2) is 8.90. The highest BCUT2D eigenvalue weighted by Crippen LogP contribution is 2.09. The Morgan fingerprint density at radius 1 is 1.14 bits per heavy atom. The highest BCUT2D eigenvalue weighted by Gasteiger charge is 2.19. The van der Waals surface area contributed by atoms with Crippen LogP contribution in [0.5, 0.6) is 0 Å². The van der Waals surface area contributed by atoms with Crippen LogP contribution >= 0.6 is 0 Å². The molecule has 0 aliphatic carbocycles. The van der Waals surface area contributed by atoms with Crippen LogP contribution in [-0.4, -0.2) is 49.9 Å². The predicted molar refractivity (Wildman–Crippen MR) is 88.9 cm³/mol. The summed E-state index contributed by atoms with van der Waals surface area (Å²) < 4.78 is 25.1. The van der Waals surface area contributed by atoms with Crippen molar-refractivity contribution in [1.82, 2.24) is 9.21 Å². The average Bonchev–Trinajstić information content (AvgIpc) is 2.48. The third kappa shape index (κ3) is 6.58. The Labute approximate surface area is 134 Å². The van der Waals surface area contributed by atoms with E-state index in [9.17, 15) is 13.2 Å². The zero-order valence-electron chi connectivity index (χ0n) is 13.7. The number of amides is 1. The minimum absolute atomic E-state index is 0.0184. The second-order valence-electron chi connectivity index (χ2n) is 5.50. The van der Waals surface area contributed by atoms with Crippen molar-refractivity contribution in [3.63, 3.8) is 0 Å². The molecule has 0 saturated heterocycles. The molecule has 0 spiro atoms. The molecule has 0 heterocycles. The van der Waals surface area contributed by atoms with Crippen LogP contribution in [0.1, 0.15) is 31.7 Å². The van der Waals surface area contributed by atoms with Gasteiger partial charge in [-0.3, -0.25) is 4.79 Å². The van der Waals surface area contributed by atoms with E-state index in [-0.39, 0.29) is 18.9 Å². The van der Waals surface area contributed by atoms with Crippen LogP contribution in [0.3, 0.4) is 0 Å². The molecule has 0 atom stereocenters. The standard InChI is InChI=1S/C16H26N2O3S/c1-4-5-12-17(2)16(19)11-13-18(22(3,20)21)14-15-9-7-6-8-10-15/h6-10H,4-5,11-14H2,1-3H3. The van der Waals surface area contributed by atoms with Crippen LogP contribution in [0, 0.1) is 0 Å². The van der Waals surface area contributed by atoms with Crippen molar-refractivity contribution in [2.24, 2.45) is 0 Å². The number of benzene rings is 1. The van der Waals surface area contributed by atoms with E-state index in [1.807, 2.05) is 30.3 Å². The van der Waals surface area contributed by atoms with Gasteiger partial charge < -0.3 is 4.90 Å². The van der Waals surface area contributed by atoms with Gasteiger partial charge in [-0.05, 0) is 12.0 Å². The quantitative estimate of drug-likeness (QED) is 0.698. The van der Waals surface area contributed by atoms with Crippen LogP contribution in [0.15, 0.2) is 30.3 Å². The fourth-order valence-corrected chi connectivity index (χ4v) is 2.89. The molecule has 0 bridgehead atoms. The first-order chi connectivity index (χ1) is 10.3. The Bertz CT molecular complexity index is 558. The maximum Gasteiger partial charge on any atom is 0.223 e. The Kier molecular flexibility index (Phi) is 7.55. The molecule has 1 aromatic carbocycles. The van der Waals surface area contributed by atoms with E-state index in [2.05, 4.69) is 6.92 Å². The molecular formula is C16H26N2O3S. The van der Waals surface area contributed by atoms with E-state index in [1.165, 1.54) is 10.6 Å². The topological polar surface area (TPSA) is 57.7 Å². The molecule has 0 radical (unpaired) electrons. The van der Waals surface area contributed by atoms with Crippen molar-refractivity contribution in [3.05, 3.63) is 35.9 Å². The molecule has 0 unspecified atom stereocenters. The molecule has 1 amide bonds. The zero-order valence-corrected chi connectivity index (χ0v) is 14.5. The molecule has 0 fully saturated rings. The molecule has 6 heteroatoms. The van der Waals surface area contributed by atoms with Crippen molar-refractivity contribution in [1.29, 1.82) is 0 Å². The van der Waals surface area contributed by atoms with E-state index < -0.39 is 10.0 Å². The molecule has 124 valence electrons. The van der Waals surface area contributed by atoms with Gasteiger partial charge in [0.05, 0.1) is 6.26 Å². The third-order valence-corrected chi connectivity index (χ3v) is 4.77. The van der Waals surface area contributed by atoms with Crippen LogP contribution < -0.4 is 0 Å². The molecule has 22 heavy (non-hydrogen) atoms. The Hall–Kier alpha value is -1.40. The highest BCUT2D eigenvalue weighted by molar-refractivity contribution is 7.88. The van der Waals surface area contributed by atoms with Gasteiger partial charge >= 0.3 is 0 Å². The first-order valence-electron chi connectivity index (χ1n) is 7.57. The number of unbranched alkanes of at least 4 members (excludes halogenated alkanes) is 1. The van der Waals surface area contributed by atoms with E-state index in [4.69, 9.17) is 0 Å². The normalized spacial score (nSPS) is 11.6. The second-order valence-corrected chi connectivity index (χ2v) is 7.48. The summed E-state index contributed by atoms with van der Waals surface area (Å²) in [4.78, 5) is 13.7. The van der Waals surface area contributed by atoms with Gasteiger partial charge in [0.2, 0.25) is 15.9 Å². The summed E-state index contributed by atoms with van der Waals surface area (Å²) in [6, 6.07) is 9.40. The summed E-state index contributed by atoms with van der Waals surface area (Å²) in [6.45, 7) is 3.30. The third-order valence-electron chi connectivity index (χ3n) is 3.52. The van der Waals surface area contributed by atoms with Gasteiger partial charge in [-0.2, -0.15) is 4.31 Å². The average molecular weight is 326 g/mol. The molecule has 0 saturated carbocycles. The number of rotatable bonds is 9. The maximum atomic E-state index is 12.0. The fraction of sp³-hybridized carbons (Fsp3) is 0.562. The SMILES string of the molecule is CCCCN(C)C(=O)CCN(Cc1ccccc1)S(C)(=O)=O. The minimum atomic E-state index is -3.34. The van der Waals surface area contributed by atoms with Crippen LogP contribution in [0.4, 0.5) is 0 Å². The van der Waals surface area contributed by atoms with Gasteiger partial charge in [-0.25, -0.2) is 8.42 Å². The highest BCUT2D eigenvalue weighted by atomic mass is 32.2. The van der Waals surface area contributed by atoms with Gasteiger partial charge in [-0.1, -0.05) is 43.7 Å².